The number of nitro benzene ring substituents is 1. The number of amides is 1. The molecule has 0 N–H and O–H groups in total. The van der Waals surface area contributed by atoms with Crippen LogP contribution in [0.2, 0.25) is 0 Å². The Labute approximate surface area is 212 Å². The van der Waals surface area contributed by atoms with Crippen molar-refractivity contribution in [2.24, 2.45) is 0 Å². The normalized spacial score (nSPS) is 12.9. The molecule has 9 nitrogen and oxygen atoms in total. The molecule has 0 aliphatic carbocycles. The van der Waals surface area contributed by atoms with Gasteiger partial charge in [-0.25, -0.2) is 4.79 Å². The van der Waals surface area contributed by atoms with Crippen LogP contribution in [0.15, 0.2) is 82.4 Å². The molecule has 1 aromatic heterocycles. The molecule has 0 atom stereocenters. The summed E-state index contributed by atoms with van der Waals surface area (Å²) in [4.78, 5) is 52.0. The molecular weight excluding hydrogens is 472 g/mol. The molecule has 37 heavy (non-hydrogen) atoms. The van der Waals surface area contributed by atoms with Crippen molar-refractivity contribution in [3.05, 3.63) is 120 Å². The summed E-state index contributed by atoms with van der Waals surface area (Å²) in [6.45, 7) is 1.41. The summed E-state index contributed by atoms with van der Waals surface area (Å²) in [7, 11) is 0. The lowest BCUT2D eigenvalue weighted by Crippen LogP contribution is -2.41. The Morgan fingerprint density at radius 1 is 0.919 bits per heavy atom. The molecule has 5 rings (SSSR count). The lowest BCUT2D eigenvalue weighted by molar-refractivity contribution is -0.384. The predicted molar refractivity (Wildman–Crippen MR) is 139 cm³/mol. The summed E-state index contributed by atoms with van der Waals surface area (Å²) < 4.78 is 2.62. The van der Waals surface area contributed by atoms with E-state index < -0.39 is 16.2 Å². The number of rotatable bonds is 7. The smallest absolute Gasteiger partial charge is 0.331 e. The third kappa shape index (κ3) is 4.93. The maximum Gasteiger partial charge on any atom is 0.331 e. The average molecular weight is 499 g/mol. The Morgan fingerprint density at radius 2 is 1.68 bits per heavy atom. The molecule has 1 aliphatic rings. The van der Waals surface area contributed by atoms with Gasteiger partial charge in [0.05, 0.1) is 22.4 Å². The third-order valence-corrected chi connectivity index (χ3v) is 6.85. The number of fused-ring (bicyclic) bond motifs is 2. The molecule has 9 heteroatoms. The molecule has 2 heterocycles. The van der Waals surface area contributed by atoms with Gasteiger partial charge < -0.3 is 4.90 Å². The first-order valence-corrected chi connectivity index (χ1v) is 12.2. The number of aromatic nitrogens is 2. The van der Waals surface area contributed by atoms with E-state index in [4.69, 9.17) is 0 Å². The van der Waals surface area contributed by atoms with Crippen molar-refractivity contribution in [1.82, 2.24) is 14.0 Å². The van der Waals surface area contributed by atoms with Gasteiger partial charge in [0.2, 0.25) is 5.91 Å². The van der Waals surface area contributed by atoms with Crippen molar-refractivity contribution in [2.45, 2.75) is 38.9 Å². The van der Waals surface area contributed by atoms with Crippen molar-refractivity contribution in [3.8, 4) is 0 Å². The number of carbonyl (C=O) groups is 1. The Balaban J connectivity index is 1.37. The molecule has 4 aromatic rings. The van der Waals surface area contributed by atoms with Crippen molar-refractivity contribution >= 4 is 22.5 Å². The molecule has 0 fully saturated rings. The first kappa shape index (κ1) is 24.2. The van der Waals surface area contributed by atoms with E-state index in [2.05, 4.69) is 6.07 Å². The zero-order chi connectivity index (χ0) is 25.9. The third-order valence-electron chi connectivity index (χ3n) is 6.85. The Morgan fingerprint density at radius 3 is 2.49 bits per heavy atom. The minimum Gasteiger partial charge on any atom is -0.338 e. The van der Waals surface area contributed by atoms with Crippen molar-refractivity contribution in [2.75, 3.05) is 6.54 Å². The zero-order valence-electron chi connectivity index (χ0n) is 20.2. The van der Waals surface area contributed by atoms with Gasteiger partial charge >= 0.3 is 5.69 Å². The van der Waals surface area contributed by atoms with Gasteiger partial charge in [-0.1, -0.05) is 48.5 Å². The van der Waals surface area contributed by atoms with E-state index >= 15 is 0 Å². The molecule has 1 amide bonds. The minimum atomic E-state index is -0.505. The lowest BCUT2D eigenvalue weighted by atomic mass is 9.99. The van der Waals surface area contributed by atoms with Crippen LogP contribution in [0.5, 0.6) is 0 Å². The molecule has 1 aliphatic heterocycles. The fourth-order valence-corrected chi connectivity index (χ4v) is 4.93. The standard InChI is InChI=1S/C28H26N4O5/c33-26(29-16-14-21-8-1-2-9-22(21)19-29)13-6-15-30-27(34)24-11-3-4-12-25(24)31(28(30)35)18-20-7-5-10-23(17-20)32(36)37/h1-5,7-12,17H,6,13-16,18-19H2. The van der Waals surface area contributed by atoms with Gasteiger partial charge in [0, 0.05) is 38.2 Å². The van der Waals surface area contributed by atoms with Crippen LogP contribution in [-0.2, 0) is 30.8 Å². The molecule has 0 unspecified atom stereocenters. The van der Waals surface area contributed by atoms with Gasteiger partial charge in [0.15, 0.2) is 0 Å². The van der Waals surface area contributed by atoms with Gasteiger partial charge in [-0.05, 0) is 41.7 Å². The number of benzene rings is 3. The van der Waals surface area contributed by atoms with Crippen molar-refractivity contribution in [3.63, 3.8) is 0 Å². The quantitative estimate of drug-likeness (QED) is 0.286. The highest BCUT2D eigenvalue weighted by Gasteiger charge is 2.20. The maximum atomic E-state index is 13.4. The molecule has 0 spiro atoms. The molecule has 0 saturated carbocycles. The van der Waals surface area contributed by atoms with Crippen molar-refractivity contribution < 1.29 is 9.72 Å². The molecule has 0 saturated heterocycles. The number of carbonyl (C=O) groups excluding carboxylic acids is 1. The minimum absolute atomic E-state index is 0.000242. The zero-order valence-corrected chi connectivity index (χ0v) is 20.2. The Hall–Kier alpha value is -4.53. The van der Waals surface area contributed by atoms with E-state index in [1.165, 1.54) is 26.8 Å². The van der Waals surface area contributed by atoms with Crippen LogP contribution in [0.1, 0.15) is 29.5 Å². The Bertz CT molecular complexity index is 1620. The summed E-state index contributed by atoms with van der Waals surface area (Å²) in [5, 5.41) is 11.6. The molecule has 3 aromatic carbocycles. The van der Waals surface area contributed by atoms with Gasteiger partial charge in [-0.15, -0.1) is 0 Å². The highest BCUT2D eigenvalue weighted by Crippen LogP contribution is 2.20. The fourth-order valence-electron chi connectivity index (χ4n) is 4.93. The van der Waals surface area contributed by atoms with Crippen LogP contribution in [0, 0.1) is 10.1 Å². The molecule has 188 valence electrons. The second-order valence-electron chi connectivity index (χ2n) is 9.21. The highest BCUT2D eigenvalue weighted by molar-refractivity contribution is 5.78. The van der Waals surface area contributed by atoms with Crippen LogP contribution in [0.4, 0.5) is 5.69 Å². The fraction of sp³-hybridized carbons (Fsp3) is 0.250. The van der Waals surface area contributed by atoms with Crippen molar-refractivity contribution in [1.29, 1.82) is 0 Å². The topological polar surface area (TPSA) is 107 Å². The highest BCUT2D eigenvalue weighted by atomic mass is 16.6. The van der Waals surface area contributed by atoms with Crippen LogP contribution < -0.4 is 11.2 Å². The summed E-state index contributed by atoms with van der Waals surface area (Å²) in [6, 6.07) is 21.0. The van der Waals surface area contributed by atoms with E-state index in [0.717, 1.165) is 12.0 Å². The first-order chi connectivity index (χ1) is 17.9. The van der Waals surface area contributed by atoms with Crippen LogP contribution in [-0.4, -0.2) is 31.4 Å². The first-order valence-electron chi connectivity index (χ1n) is 12.2. The predicted octanol–water partition coefficient (Wildman–Crippen LogP) is 3.48. The number of para-hydroxylation sites is 1. The van der Waals surface area contributed by atoms with E-state index in [1.54, 1.807) is 36.4 Å². The SMILES string of the molecule is O=C(CCCn1c(=O)c2ccccc2n(Cc2cccc([N+](=O)[O-])c2)c1=O)N1CCc2ccccc2C1. The van der Waals surface area contributed by atoms with Crippen LogP contribution >= 0.6 is 0 Å². The van der Waals surface area contributed by atoms with E-state index in [-0.39, 0.29) is 31.1 Å². The van der Waals surface area contributed by atoms with E-state index in [0.29, 0.717) is 36.0 Å². The molecular formula is C28H26N4O5. The largest absolute Gasteiger partial charge is 0.338 e. The van der Waals surface area contributed by atoms with Gasteiger partial charge in [-0.3, -0.25) is 28.8 Å². The second kappa shape index (κ2) is 10.2. The van der Waals surface area contributed by atoms with Crippen LogP contribution in [0.3, 0.4) is 0 Å². The van der Waals surface area contributed by atoms with Gasteiger partial charge in [0.25, 0.3) is 11.2 Å². The van der Waals surface area contributed by atoms with Crippen LogP contribution in [0.25, 0.3) is 10.9 Å². The summed E-state index contributed by atoms with van der Waals surface area (Å²) in [5.74, 6) is 0.000242. The number of non-ortho nitro benzene ring substituents is 1. The second-order valence-corrected chi connectivity index (χ2v) is 9.21. The number of hydrogen-bond acceptors (Lipinski definition) is 5. The summed E-state index contributed by atoms with van der Waals surface area (Å²) >= 11 is 0. The maximum absolute atomic E-state index is 13.4. The number of hydrogen-bond donors (Lipinski definition) is 0. The Kier molecular flexibility index (Phi) is 6.68. The summed E-state index contributed by atoms with van der Waals surface area (Å²) in [6.07, 6.45) is 1.39. The summed E-state index contributed by atoms with van der Waals surface area (Å²) in [5.41, 5.74) is 2.47. The average Bonchev–Trinajstić information content (AvgIpc) is 2.92. The van der Waals surface area contributed by atoms with E-state index in [9.17, 15) is 24.5 Å². The number of nitrogens with zero attached hydrogens (tertiary/aromatic N) is 4. The molecule has 0 bridgehead atoms. The van der Waals surface area contributed by atoms with E-state index in [1.807, 2.05) is 23.1 Å². The van der Waals surface area contributed by atoms with Gasteiger partial charge in [0.1, 0.15) is 0 Å². The lowest BCUT2D eigenvalue weighted by Gasteiger charge is -2.29. The number of nitro groups is 1. The molecule has 0 radical (unpaired) electrons. The van der Waals surface area contributed by atoms with Gasteiger partial charge in [-0.2, -0.15) is 0 Å². The monoisotopic (exact) mass is 498 g/mol.